The molecule has 2 aromatic carbocycles. The quantitative estimate of drug-likeness (QED) is 0.599. The second-order valence-electron chi connectivity index (χ2n) is 3.73. The molecule has 2 aromatic rings. The van der Waals surface area contributed by atoms with E-state index >= 15 is 0 Å². The Bertz CT molecular complexity index is 567. The maximum atomic E-state index is 13.9. The third-order valence-corrected chi connectivity index (χ3v) is 2.93. The molecule has 0 aliphatic rings. The van der Waals surface area contributed by atoms with Gasteiger partial charge in [0.1, 0.15) is 5.82 Å². The molecule has 92 valence electrons. The van der Waals surface area contributed by atoms with E-state index in [9.17, 15) is 9.18 Å². The zero-order chi connectivity index (χ0) is 13.1. The number of carbonyl (C=O) groups is 1. The van der Waals surface area contributed by atoms with Crippen molar-refractivity contribution in [1.82, 2.24) is 0 Å². The summed E-state index contributed by atoms with van der Waals surface area (Å²) < 4.78 is 13.9. The van der Waals surface area contributed by atoms with Crippen molar-refractivity contribution in [1.29, 1.82) is 0 Å². The van der Waals surface area contributed by atoms with Gasteiger partial charge >= 0.3 is 0 Å². The van der Waals surface area contributed by atoms with Crippen LogP contribution in [0, 0.1) is 5.82 Å². The number of hydrogen-bond acceptors (Lipinski definition) is 1. The predicted molar refractivity (Wildman–Crippen MR) is 71.7 cm³/mol. The van der Waals surface area contributed by atoms with Crippen molar-refractivity contribution in [3.63, 3.8) is 0 Å². The Morgan fingerprint density at radius 1 is 1.06 bits per heavy atom. The maximum absolute atomic E-state index is 13.9. The number of carbonyl (C=O) groups excluding carboxylic acids is 1. The Balaban J connectivity index is 2.40. The predicted octanol–water partition coefficient (Wildman–Crippen LogP) is 4.48. The van der Waals surface area contributed by atoms with Gasteiger partial charge in [-0.05, 0) is 11.6 Å². The fraction of sp³-hybridized carbons (Fsp3) is 0.0714. The molecule has 0 radical (unpaired) electrons. The highest BCUT2D eigenvalue weighted by Crippen LogP contribution is 2.24. The molecule has 0 amide bonds. The smallest absolute Gasteiger partial charge is 0.195 e. The van der Waals surface area contributed by atoms with Crippen molar-refractivity contribution < 1.29 is 9.18 Å². The molecule has 18 heavy (non-hydrogen) atoms. The average molecular weight is 283 g/mol. The standard InChI is InChI=1S/C14H9Cl2FO/c15-14(16)13(18)10-6-7-11(12(17)8-10)9-4-2-1-3-5-9/h1-8,14H. The maximum Gasteiger partial charge on any atom is 0.195 e. The molecule has 0 spiro atoms. The van der Waals surface area contributed by atoms with Crippen molar-refractivity contribution >= 4 is 29.0 Å². The summed E-state index contributed by atoms with van der Waals surface area (Å²) in [6, 6.07) is 13.3. The van der Waals surface area contributed by atoms with Crippen molar-refractivity contribution in [2.75, 3.05) is 0 Å². The van der Waals surface area contributed by atoms with E-state index in [0.29, 0.717) is 5.56 Å². The van der Waals surface area contributed by atoms with Gasteiger partial charge in [0.15, 0.2) is 10.6 Å². The summed E-state index contributed by atoms with van der Waals surface area (Å²) in [5.41, 5.74) is 1.36. The van der Waals surface area contributed by atoms with E-state index in [1.54, 1.807) is 18.2 Å². The molecule has 0 aliphatic heterocycles. The summed E-state index contributed by atoms with van der Waals surface area (Å²) in [6.45, 7) is 0. The second-order valence-corrected chi connectivity index (χ2v) is 4.82. The highest BCUT2D eigenvalue weighted by atomic mass is 35.5. The second kappa shape index (κ2) is 5.51. The van der Waals surface area contributed by atoms with Crippen LogP contribution in [0.5, 0.6) is 0 Å². The van der Waals surface area contributed by atoms with Gasteiger partial charge in [-0.3, -0.25) is 4.79 Å². The van der Waals surface area contributed by atoms with E-state index < -0.39 is 16.4 Å². The van der Waals surface area contributed by atoms with E-state index in [1.807, 2.05) is 18.2 Å². The molecular formula is C14H9Cl2FO. The highest BCUT2D eigenvalue weighted by Gasteiger charge is 2.16. The van der Waals surface area contributed by atoms with Gasteiger partial charge in [-0.2, -0.15) is 0 Å². The topological polar surface area (TPSA) is 17.1 Å². The molecule has 1 nitrogen and oxygen atoms in total. The first kappa shape index (κ1) is 13.1. The van der Waals surface area contributed by atoms with Gasteiger partial charge in [0.25, 0.3) is 0 Å². The van der Waals surface area contributed by atoms with Crippen molar-refractivity contribution in [3.05, 3.63) is 59.9 Å². The number of alkyl halides is 2. The lowest BCUT2D eigenvalue weighted by Crippen LogP contribution is -2.08. The van der Waals surface area contributed by atoms with Crippen molar-refractivity contribution in [3.8, 4) is 11.1 Å². The molecule has 0 atom stereocenters. The number of hydrogen-bond donors (Lipinski definition) is 0. The SMILES string of the molecule is O=C(c1ccc(-c2ccccc2)c(F)c1)C(Cl)Cl. The molecule has 0 fully saturated rings. The highest BCUT2D eigenvalue weighted by molar-refractivity contribution is 6.55. The molecule has 0 saturated carbocycles. The zero-order valence-corrected chi connectivity index (χ0v) is 10.8. The van der Waals surface area contributed by atoms with E-state index in [4.69, 9.17) is 23.2 Å². The first-order valence-electron chi connectivity index (χ1n) is 5.27. The van der Waals surface area contributed by atoms with Crippen LogP contribution in [-0.2, 0) is 0 Å². The van der Waals surface area contributed by atoms with Crippen LogP contribution in [0.1, 0.15) is 10.4 Å². The molecule has 0 N–H and O–H groups in total. The largest absolute Gasteiger partial charge is 0.291 e. The molecule has 0 saturated heterocycles. The van der Waals surface area contributed by atoms with Crippen LogP contribution < -0.4 is 0 Å². The minimum atomic E-state index is -1.17. The Morgan fingerprint density at radius 3 is 2.28 bits per heavy atom. The molecule has 0 aliphatic carbocycles. The van der Waals surface area contributed by atoms with Gasteiger partial charge in [0.05, 0.1) is 0 Å². The van der Waals surface area contributed by atoms with E-state index in [1.165, 1.54) is 6.07 Å². The summed E-state index contributed by atoms with van der Waals surface area (Å²) in [6.07, 6.45) is 0. The monoisotopic (exact) mass is 282 g/mol. The fourth-order valence-corrected chi connectivity index (χ4v) is 1.90. The number of rotatable bonds is 3. The van der Waals surface area contributed by atoms with Gasteiger partial charge in [-0.1, -0.05) is 65.7 Å². The lowest BCUT2D eigenvalue weighted by atomic mass is 10.0. The number of benzene rings is 2. The lowest BCUT2D eigenvalue weighted by Gasteiger charge is -2.06. The van der Waals surface area contributed by atoms with Crippen LogP contribution >= 0.6 is 23.2 Å². The zero-order valence-electron chi connectivity index (χ0n) is 9.24. The summed E-state index contributed by atoms with van der Waals surface area (Å²) >= 11 is 10.9. The Morgan fingerprint density at radius 2 is 1.72 bits per heavy atom. The van der Waals surface area contributed by atoms with Crippen LogP contribution in [-0.4, -0.2) is 10.6 Å². The van der Waals surface area contributed by atoms with Crippen LogP contribution in [0.2, 0.25) is 0 Å². The Kier molecular flexibility index (Phi) is 4.00. The van der Waals surface area contributed by atoms with Gasteiger partial charge in [-0.25, -0.2) is 4.39 Å². The first-order chi connectivity index (χ1) is 8.59. The summed E-state index contributed by atoms with van der Waals surface area (Å²) in [5.74, 6) is -0.974. The molecule has 0 aromatic heterocycles. The molecule has 0 unspecified atom stereocenters. The van der Waals surface area contributed by atoms with Gasteiger partial charge in [0, 0.05) is 11.1 Å². The Hall–Kier alpha value is -1.38. The molecule has 2 rings (SSSR count). The van der Waals surface area contributed by atoms with Crippen LogP contribution in [0.3, 0.4) is 0 Å². The van der Waals surface area contributed by atoms with Crippen molar-refractivity contribution in [2.24, 2.45) is 0 Å². The van der Waals surface area contributed by atoms with Gasteiger partial charge in [0.2, 0.25) is 0 Å². The first-order valence-corrected chi connectivity index (χ1v) is 6.14. The van der Waals surface area contributed by atoms with Crippen molar-refractivity contribution in [2.45, 2.75) is 4.84 Å². The van der Waals surface area contributed by atoms with E-state index in [0.717, 1.165) is 11.6 Å². The molecule has 0 bridgehead atoms. The third kappa shape index (κ3) is 2.71. The van der Waals surface area contributed by atoms with E-state index in [-0.39, 0.29) is 5.56 Å². The van der Waals surface area contributed by atoms with Gasteiger partial charge in [-0.15, -0.1) is 0 Å². The van der Waals surface area contributed by atoms with Crippen LogP contribution in [0.25, 0.3) is 11.1 Å². The minimum absolute atomic E-state index is 0.169. The summed E-state index contributed by atoms with van der Waals surface area (Å²) in [5, 5.41) is 0. The minimum Gasteiger partial charge on any atom is -0.291 e. The lowest BCUT2D eigenvalue weighted by molar-refractivity contribution is 0.101. The molecule has 0 heterocycles. The summed E-state index contributed by atoms with van der Waals surface area (Å²) in [7, 11) is 0. The normalized spacial score (nSPS) is 10.7. The van der Waals surface area contributed by atoms with Crippen LogP contribution in [0.15, 0.2) is 48.5 Å². The third-order valence-electron chi connectivity index (χ3n) is 2.54. The molecule has 4 heteroatoms. The number of halogens is 3. The van der Waals surface area contributed by atoms with Gasteiger partial charge < -0.3 is 0 Å². The van der Waals surface area contributed by atoms with E-state index in [2.05, 4.69) is 0 Å². The number of ketones is 1. The van der Waals surface area contributed by atoms with Crippen LogP contribution in [0.4, 0.5) is 4.39 Å². The molecular weight excluding hydrogens is 274 g/mol. The average Bonchev–Trinajstić information content (AvgIpc) is 2.38. The Labute approximate surface area is 114 Å². The fourth-order valence-electron chi connectivity index (χ4n) is 1.65. The number of Topliss-reactive ketones (excluding diaryl/α,β-unsaturated/α-hetero) is 1. The summed E-state index contributed by atoms with van der Waals surface area (Å²) in [4.78, 5) is 10.3.